The summed E-state index contributed by atoms with van der Waals surface area (Å²) in [5.74, 6) is 0.869. The third-order valence-electron chi connectivity index (χ3n) is 5.42. The molecule has 0 radical (unpaired) electrons. The maximum absolute atomic E-state index is 12.8. The summed E-state index contributed by atoms with van der Waals surface area (Å²) in [6, 6.07) is 8.47. The number of thiophene rings is 1. The highest BCUT2D eigenvalue weighted by Gasteiger charge is 2.32. The fraction of sp³-hybridized carbons (Fsp3) is 0.182. The van der Waals surface area contributed by atoms with E-state index < -0.39 is 11.2 Å². The summed E-state index contributed by atoms with van der Waals surface area (Å²) in [5.41, 5.74) is 1.80. The highest BCUT2D eigenvalue weighted by molar-refractivity contribution is 7.20. The van der Waals surface area contributed by atoms with E-state index in [0.717, 1.165) is 29.0 Å². The van der Waals surface area contributed by atoms with Crippen LogP contribution in [0, 0.1) is 6.92 Å². The second kappa shape index (κ2) is 6.60. The minimum Gasteiger partial charge on any atom is -0.460 e. The van der Waals surface area contributed by atoms with Crippen LogP contribution in [0.5, 0.6) is 0 Å². The predicted molar refractivity (Wildman–Crippen MR) is 122 cm³/mol. The van der Waals surface area contributed by atoms with E-state index in [9.17, 15) is 14.4 Å². The van der Waals surface area contributed by atoms with E-state index in [1.165, 1.54) is 33.3 Å². The quantitative estimate of drug-likeness (QED) is 0.446. The number of thiazole rings is 1. The molecular weight excluding hydrogens is 434 g/mol. The van der Waals surface area contributed by atoms with Crippen molar-refractivity contribution in [2.24, 2.45) is 0 Å². The summed E-state index contributed by atoms with van der Waals surface area (Å²) in [6.07, 6.45) is 2.06. The first-order valence-corrected chi connectivity index (χ1v) is 11.5. The molecule has 1 fully saturated rings. The lowest BCUT2D eigenvalue weighted by atomic mass is 10.1. The molecule has 0 saturated heterocycles. The zero-order chi connectivity index (χ0) is 21.3. The molecule has 5 aromatic rings. The second-order valence-corrected chi connectivity index (χ2v) is 9.48. The molecule has 0 bridgehead atoms. The van der Waals surface area contributed by atoms with Gasteiger partial charge in [0, 0.05) is 22.9 Å². The molecule has 0 amide bonds. The Labute approximate surface area is 182 Å². The fourth-order valence-electron chi connectivity index (χ4n) is 3.84. The number of hydrogen-bond donors (Lipinski definition) is 1. The number of para-hydroxylation sites is 1. The van der Waals surface area contributed by atoms with Crippen molar-refractivity contribution in [1.29, 1.82) is 0 Å². The van der Waals surface area contributed by atoms with Crippen LogP contribution >= 0.6 is 22.7 Å². The van der Waals surface area contributed by atoms with Crippen molar-refractivity contribution >= 4 is 43.9 Å². The Balaban J connectivity index is 1.65. The first-order valence-electron chi connectivity index (χ1n) is 9.79. The van der Waals surface area contributed by atoms with Gasteiger partial charge in [-0.05, 0) is 31.9 Å². The standard InChI is InChI=1S/C22H15N3O4S2/c1-10-8-15(26)19-17(29-10)13(9-30-19)18-16(11-6-7-11)23-22(31-18)25-14-5-3-2-4-12(14)20(27)24-21(25)28/h2-5,8-9,11H,6-7H2,1H3,(H,24,27,28). The molecule has 1 aliphatic rings. The lowest BCUT2D eigenvalue weighted by molar-refractivity contribution is 0.567. The van der Waals surface area contributed by atoms with Gasteiger partial charge in [0.15, 0.2) is 10.7 Å². The predicted octanol–water partition coefficient (Wildman–Crippen LogP) is 4.16. The van der Waals surface area contributed by atoms with Crippen LogP contribution in [-0.2, 0) is 0 Å². The third kappa shape index (κ3) is 2.84. The van der Waals surface area contributed by atoms with Gasteiger partial charge in [-0.2, -0.15) is 0 Å². The van der Waals surface area contributed by atoms with Crippen LogP contribution in [0.2, 0.25) is 0 Å². The van der Waals surface area contributed by atoms with Crippen molar-refractivity contribution in [2.45, 2.75) is 25.7 Å². The van der Waals surface area contributed by atoms with Crippen LogP contribution in [0.1, 0.15) is 30.2 Å². The van der Waals surface area contributed by atoms with Gasteiger partial charge < -0.3 is 4.42 Å². The molecule has 154 valence electrons. The smallest absolute Gasteiger partial charge is 0.335 e. The Morgan fingerprint density at radius 1 is 1.19 bits per heavy atom. The summed E-state index contributed by atoms with van der Waals surface area (Å²) < 4.78 is 7.95. The lowest BCUT2D eigenvalue weighted by Gasteiger charge is -2.05. The minimum atomic E-state index is -0.524. The topological polar surface area (TPSA) is 98.0 Å². The molecule has 1 aromatic carbocycles. The molecule has 6 rings (SSSR count). The zero-order valence-corrected chi connectivity index (χ0v) is 17.9. The Bertz CT molecular complexity index is 1680. The lowest BCUT2D eigenvalue weighted by Crippen LogP contribution is -2.29. The van der Waals surface area contributed by atoms with E-state index in [4.69, 9.17) is 9.40 Å². The summed E-state index contributed by atoms with van der Waals surface area (Å²) in [7, 11) is 0. The van der Waals surface area contributed by atoms with Crippen LogP contribution in [0.15, 0.2) is 54.5 Å². The van der Waals surface area contributed by atoms with E-state index in [1.807, 2.05) is 5.38 Å². The Morgan fingerprint density at radius 2 is 2.00 bits per heavy atom. The number of H-pyrrole nitrogens is 1. The minimum absolute atomic E-state index is 0.0597. The van der Waals surface area contributed by atoms with Crippen LogP contribution < -0.4 is 16.7 Å². The SMILES string of the molecule is Cc1cc(=O)c2scc(-c3sc(-n4c(=O)[nH]c(=O)c5ccccc54)nc3C3CC3)c2o1. The highest BCUT2D eigenvalue weighted by Crippen LogP contribution is 2.48. The highest BCUT2D eigenvalue weighted by atomic mass is 32.1. The molecule has 7 nitrogen and oxygen atoms in total. The van der Waals surface area contributed by atoms with Gasteiger partial charge in [-0.3, -0.25) is 14.6 Å². The zero-order valence-electron chi connectivity index (χ0n) is 16.3. The van der Waals surface area contributed by atoms with E-state index in [1.54, 1.807) is 31.2 Å². The van der Waals surface area contributed by atoms with E-state index >= 15 is 0 Å². The number of nitrogens with one attached hydrogen (secondary N) is 1. The van der Waals surface area contributed by atoms with Gasteiger partial charge in [0.1, 0.15) is 10.5 Å². The number of hydrogen-bond acceptors (Lipinski definition) is 7. The van der Waals surface area contributed by atoms with Gasteiger partial charge in [0.05, 0.1) is 21.5 Å². The normalized spacial score (nSPS) is 14.0. The average molecular weight is 450 g/mol. The number of aromatic amines is 1. The average Bonchev–Trinajstić information content (AvgIpc) is 3.35. The molecule has 4 heterocycles. The number of benzene rings is 1. The molecule has 1 saturated carbocycles. The first-order chi connectivity index (χ1) is 15.0. The summed E-state index contributed by atoms with van der Waals surface area (Å²) >= 11 is 2.73. The van der Waals surface area contributed by atoms with E-state index in [0.29, 0.717) is 38.0 Å². The largest absolute Gasteiger partial charge is 0.460 e. The first kappa shape index (κ1) is 18.5. The second-order valence-electron chi connectivity index (χ2n) is 7.63. The van der Waals surface area contributed by atoms with Crippen molar-refractivity contribution in [1.82, 2.24) is 14.5 Å². The number of rotatable bonds is 3. The summed E-state index contributed by atoms with van der Waals surface area (Å²) in [5, 5.41) is 2.84. The maximum atomic E-state index is 12.8. The molecule has 4 aromatic heterocycles. The van der Waals surface area contributed by atoms with Crippen molar-refractivity contribution in [3.8, 4) is 15.6 Å². The Kier molecular flexibility index (Phi) is 3.93. The Morgan fingerprint density at radius 3 is 2.81 bits per heavy atom. The summed E-state index contributed by atoms with van der Waals surface area (Å²) in [6.45, 7) is 1.76. The van der Waals surface area contributed by atoms with Crippen molar-refractivity contribution in [2.75, 3.05) is 0 Å². The molecule has 0 atom stereocenters. The van der Waals surface area contributed by atoms with Gasteiger partial charge in [-0.1, -0.05) is 23.5 Å². The van der Waals surface area contributed by atoms with Crippen LogP contribution in [0.3, 0.4) is 0 Å². The molecule has 0 unspecified atom stereocenters. The Hall–Kier alpha value is -3.30. The van der Waals surface area contributed by atoms with Crippen molar-refractivity contribution in [3.05, 3.63) is 78.2 Å². The third-order valence-corrected chi connectivity index (χ3v) is 7.49. The maximum Gasteiger partial charge on any atom is 0.335 e. The van der Waals surface area contributed by atoms with Gasteiger partial charge >= 0.3 is 5.69 Å². The van der Waals surface area contributed by atoms with Crippen LogP contribution in [0.25, 0.3) is 36.8 Å². The molecule has 31 heavy (non-hydrogen) atoms. The van der Waals surface area contributed by atoms with Gasteiger partial charge in [0.2, 0.25) is 5.43 Å². The molecule has 1 N–H and O–H groups in total. The van der Waals surface area contributed by atoms with Gasteiger partial charge in [-0.15, -0.1) is 11.3 Å². The van der Waals surface area contributed by atoms with Crippen LogP contribution in [0.4, 0.5) is 0 Å². The van der Waals surface area contributed by atoms with E-state index in [2.05, 4.69) is 4.98 Å². The van der Waals surface area contributed by atoms with E-state index in [-0.39, 0.29) is 5.43 Å². The fourth-order valence-corrected chi connectivity index (χ4v) is 5.98. The number of aromatic nitrogens is 3. The van der Waals surface area contributed by atoms with Crippen LogP contribution in [-0.4, -0.2) is 14.5 Å². The van der Waals surface area contributed by atoms with Gasteiger partial charge in [-0.25, -0.2) is 14.3 Å². The van der Waals surface area contributed by atoms with Gasteiger partial charge in [0.25, 0.3) is 5.56 Å². The molecule has 1 aliphatic carbocycles. The molecule has 0 spiro atoms. The monoisotopic (exact) mass is 449 g/mol. The summed E-state index contributed by atoms with van der Waals surface area (Å²) in [4.78, 5) is 45.5. The molecule has 9 heteroatoms. The molecular formula is C22H15N3O4S2. The van der Waals surface area contributed by atoms with Crippen molar-refractivity contribution < 1.29 is 4.42 Å². The number of aryl methyl sites for hydroxylation is 1. The number of fused-ring (bicyclic) bond motifs is 2. The molecule has 0 aliphatic heterocycles. The number of nitrogens with zero attached hydrogens (tertiary/aromatic N) is 2. The van der Waals surface area contributed by atoms with Crippen molar-refractivity contribution in [3.63, 3.8) is 0 Å².